The van der Waals surface area contributed by atoms with Crippen LogP contribution in [0.25, 0.3) is 0 Å². The van der Waals surface area contributed by atoms with E-state index in [0.29, 0.717) is 6.42 Å². The van der Waals surface area contributed by atoms with Crippen LogP contribution in [0.4, 0.5) is 4.39 Å². The lowest BCUT2D eigenvalue weighted by Gasteiger charge is -2.37. The highest BCUT2D eigenvalue weighted by Crippen LogP contribution is 2.31. The van der Waals surface area contributed by atoms with Crippen LogP contribution in [0.2, 0.25) is 0 Å². The predicted octanol–water partition coefficient (Wildman–Crippen LogP) is 3.00. The molecule has 0 aromatic heterocycles. The summed E-state index contributed by atoms with van der Waals surface area (Å²) in [6.45, 7) is 9.59. The summed E-state index contributed by atoms with van der Waals surface area (Å²) < 4.78 is 13.3. The molecule has 8 nitrogen and oxygen atoms in total. The standard InChI is InChI=1S/C30H43FN4O4/c1-18(2)26(35(8)28(38)23(33-6)16-19-9-12-21(31)13-10-19)29(39)34(7)24(27(32)37)17-20-11-14-25(36)22(15-20)30(3,4)5/h9-15,18,23-24,26,33,36H,16-17H2,1-8H3,(H2,32,37). The number of nitrogens with one attached hydrogen (secondary N) is 1. The normalized spacial score (nSPS) is 14.0. The van der Waals surface area contributed by atoms with E-state index in [1.54, 1.807) is 38.4 Å². The average molecular weight is 543 g/mol. The lowest BCUT2D eigenvalue weighted by molar-refractivity contribution is -0.149. The van der Waals surface area contributed by atoms with Gasteiger partial charge in [0.1, 0.15) is 23.7 Å². The summed E-state index contributed by atoms with van der Waals surface area (Å²) in [5, 5.41) is 13.3. The highest BCUT2D eigenvalue weighted by Gasteiger charge is 2.37. The van der Waals surface area contributed by atoms with Crippen molar-refractivity contribution in [3.8, 4) is 5.75 Å². The van der Waals surface area contributed by atoms with Crippen molar-refractivity contribution in [1.82, 2.24) is 15.1 Å². The van der Waals surface area contributed by atoms with Crippen LogP contribution in [0.15, 0.2) is 42.5 Å². The zero-order valence-corrected chi connectivity index (χ0v) is 24.3. The maximum atomic E-state index is 13.8. The van der Waals surface area contributed by atoms with E-state index in [1.165, 1.54) is 29.0 Å². The highest BCUT2D eigenvalue weighted by atomic mass is 19.1. The molecule has 0 saturated carbocycles. The van der Waals surface area contributed by atoms with Gasteiger partial charge in [-0.05, 0) is 59.7 Å². The van der Waals surface area contributed by atoms with E-state index < -0.39 is 29.9 Å². The van der Waals surface area contributed by atoms with Gasteiger partial charge in [-0.25, -0.2) is 4.39 Å². The molecule has 4 N–H and O–H groups in total. The Kier molecular flexibility index (Phi) is 10.6. The van der Waals surface area contributed by atoms with Crippen LogP contribution in [-0.2, 0) is 32.6 Å². The Morgan fingerprint density at radius 2 is 1.51 bits per heavy atom. The second-order valence-electron chi connectivity index (χ2n) is 11.5. The van der Waals surface area contributed by atoms with Crippen molar-refractivity contribution in [3.05, 3.63) is 65.0 Å². The van der Waals surface area contributed by atoms with Gasteiger partial charge in [-0.3, -0.25) is 14.4 Å². The molecule has 0 heterocycles. The summed E-state index contributed by atoms with van der Waals surface area (Å²) in [4.78, 5) is 42.5. The van der Waals surface area contributed by atoms with Crippen molar-refractivity contribution < 1.29 is 23.9 Å². The van der Waals surface area contributed by atoms with Gasteiger partial charge in [0.2, 0.25) is 17.7 Å². The van der Waals surface area contributed by atoms with Gasteiger partial charge in [-0.1, -0.05) is 58.9 Å². The Balaban J connectivity index is 2.29. The number of hydrogen-bond acceptors (Lipinski definition) is 5. The number of benzene rings is 2. The quantitative estimate of drug-likeness (QED) is 0.404. The van der Waals surface area contributed by atoms with E-state index in [2.05, 4.69) is 5.32 Å². The molecular formula is C30H43FN4O4. The Hall–Kier alpha value is -3.46. The molecule has 0 aliphatic rings. The monoisotopic (exact) mass is 542 g/mol. The van der Waals surface area contributed by atoms with Crippen molar-refractivity contribution in [2.75, 3.05) is 21.1 Å². The number of hydrogen-bond donors (Lipinski definition) is 3. The Morgan fingerprint density at radius 3 is 2.00 bits per heavy atom. The molecule has 3 unspecified atom stereocenters. The maximum Gasteiger partial charge on any atom is 0.246 e. The number of phenols is 1. The summed E-state index contributed by atoms with van der Waals surface area (Å²) in [6, 6.07) is 8.60. The molecule has 39 heavy (non-hydrogen) atoms. The minimum atomic E-state index is -0.959. The second-order valence-corrected chi connectivity index (χ2v) is 11.5. The van der Waals surface area contributed by atoms with Gasteiger partial charge in [-0.15, -0.1) is 0 Å². The smallest absolute Gasteiger partial charge is 0.246 e. The number of carbonyl (C=O) groups excluding carboxylic acids is 3. The van der Waals surface area contributed by atoms with Crippen LogP contribution in [0.3, 0.4) is 0 Å². The lowest BCUT2D eigenvalue weighted by atomic mass is 9.84. The number of nitrogens with zero attached hydrogens (tertiary/aromatic N) is 2. The predicted molar refractivity (Wildman–Crippen MR) is 151 cm³/mol. The van der Waals surface area contributed by atoms with Crippen LogP contribution >= 0.6 is 0 Å². The number of halogens is 1. The van der Waals surface area contributed by atoms with E-state index in [4.69, 9.17) is 5.73 Å². The number of rotatable bonds is 11. The Labute approximate surface area is 231 Å². The zero-order chi connectivity index (χ0) is 29.7. The van der Waals surface area contributed by atoms with Crippen molar-refractivity contribution in [2.24, 2.45) is 11.7 Å². The van der Waals surface area contributed by atoms with Gasteiger partial charge in [0.15, 0.2) is 0 Å². The molecular weight excluding hydrogens is 499 g/mol. The third-order valence-corrected chi connectivity index (χ3v) is 7.09. The molecule has 2 rings (SSSR count). The first kappa shape index (κ1) is 31.8. The molecule has 2 aromatic carbocycles. The summed E-state index contributed by atoms with van der Waals surface area (Å²) in [7, 11) is 4.75. The molecule has 0 bridgehead atoms. The molecule has 3 amide bonds. The second kappa shape index (κ2) is 13.1. The largest absolute Gasteiger partial charge is 0.508 e. The minimum absolute atomic E-state index is 0.158. The van der Waals surface area contributed by atoms with Gasteiger partial charge in [0.25, 0.3) is 0 Å². The molecule has 0 saturated heterocycles. The first-order valence-corrected chi connectivity index (χ1v) is 13.1. The topological polar surface area (TPSA) is 116 Å². The van der Waals surface area contributed by atoms with Crippen molar-refractivity contribution in [3.63, 3.8) is 0 Å². The SMILES string of the molecule is CNC(Cc1ccc(F)cc1)C(=O)N(C)C(C(=O)N(C)C(Cc1ccc(O)c(C(C)(C)C)c1)C(N)=O)C(C)C. The van der Waals surface area contributed by atoms with Gasteiger partial charge in [0.05, 0.1) is 6.04 Å². The van der Waals surface area contributed by atoms with Crippen LogP contribution in [0, 0.1) is 11.7 Å². The van der Waals surface area contributed by atoms with Crippen molar-refractivity contribution in [2.45, 2.75) is 71.0 Å². The Morgan fingerprint density at radius 1 is 0.949 bits per heavy atom. The third kappa shape index (κ3) is 8.02. The van der Waals surface area contributed by atoms with Gasteiger partial charge in [0, 0.05) is 20.5 Å². The molecule has 0 aliphatic carbocycles. The summed E-state index contributed by atoms with van der Waals surface area (Å²) in [5.74, 6) is -1.83. The van der Waals surface area contributed by atoms with Crippen LogP contribution in [0.1, 0.15) is 51.3 Å². The number of nitrogens with two attached hydrogens (primary N) is 1. The Bertz CT molecular complexity index is 1160. The van der Waals surface area contributed by atoms with Gasteiger partial charge >= 0.3 is 0 Å². The molecule has 0 radical (unpaired) electrons. The summed E-state index contributed by atoms with van der Waals surface area (Å²) >= 11 is 0. The first-order valence-electron chi connectivity index (χ1n) is 13.1. The number of primary amides is 1. The number of carbonyl (C=O) groups is 3. The first-order chi connectivity index (χ1) is 18.1. The van der Waals surface area contributed by atoms with Crippen molar-refractivity contribution in [1.29, 1.82) is 0 Å². The minimum Gasteiger partial charge on any atom is -0.508 e. The fraction of sp³-hybridized carbons (Fsp3) is 0.500. The highest BCUT2D eigenvalue weighted by molar-refractivity contribution is 5.93. The van der Waals surface area contributed by atoms with Gasteiger partial charge < -0.3 is 26.0 Å². The maximum absolute atomic E-state index is 13.8. The number of phenolic OH excluding ortho intramolecular Hbond substituents is 1. The van der Waals surface area contributed by atoms with E-state index in [9.17, 15) is 23.9 Å². The fourth-order valence-corrected chi connectivity index (χ4v) is 4.77. The molecule has 9 heteroatoms. The van der Waals surface area contributed by atoms with Gasteiger partial charge in [-0.2, -0.15) is 0 Å². The average Bonchev–Trinajstić information content (AvgIpc) is 2.85. The number of aromatic hydroxyl groups is 1. The summed E-state index contributed by atoms with van der Waals surface area (Å²) in [6.07, 6.45) is 0.475. The number of likely N-dealkylation sites (N-methyl/N-ethyl adjacent to an activating group) is 3. The van der Waals surface area contributed by atoms with Crippen LogP contribution in [0.5, 0.6) is 5.75 Å². The molecule has 214 valence electrons. The molecule has 0 fully saturated rings. The summed E-state index contributed by atoms with van der Waals surface area (Å²) in [5.41, 5.74) is 7.68. The molecule has 0 spiro atoms. The molecule has 3 atom stereocenters. The molecule has 0 aliphatic heterocycles. The third-order valence-electron chi connectivity index (χ3n) is 7.09. The van der Waals surface area contributed by atoms with Crippen LogP contribution < -0.4 is 11.1 Å². The van der Waals surface area contributed by atoms with E-state index in [0.717, 1.165) is 16.7 Å². The fourth-order valence-electron chi connectivity index (χ4n) is 4.77. The van der Waals surface area contributed by atoms with E-state index in [-0.39, 0.29) is 35.2 Å². The number of amides is 3. The van der Waals surface area contributed by atoms with Crippen molar-refractivity contribution >= 4 is 17.7 Å². The van der Waals surface area contributed by atoms with Crippen LogP contribution in [-0.4, -0.2) is 71.9 Å². The van der Waals surface area contributed by atoms with E-state index in [1.807, 2.05) is 40.7 Å². The zero-order valence-electron chi connectivity index (χ0n) is 24.3. The molecule has 2 aromatic rings. The lowest BCUT2D eigenvalue weighted by Crippen LogP contribution is -2.58. The van der Waals surface area contributed by atoms with E-state index >= 15 is 0 Å².